The van der Waals surface area contributed by atoms with Gasteiger partial charge in [-0.15, -0.1) is 0 Å². The summed E-state index contributed by atoms with van der Waals surface area (Å²) < 4.78 is 26.6. The molecule has 0 spiro atoms. The summed E-state index contributed by atoms with van der Waals surface area (Å²) in [5, 5.41) is 0. The van der Waals surface area contributed by atoms with E-state index in [0.717, 1.165) is 37.1 Å². The maximum Gasteiger partial charge on any atom is 0.280 e. The van der Waals surface area contributed by atoms with Gasteiger partial charge in [0.15, 0.2) is 0 Å². The van der Waals surface area contributed by atoms with E-state index < -0.39 is 6.43 Å². The lowest BCUT2D eigenvalue weighted by atomic mass is 10.0. The van der Waals surface area contributed by atoms with E-state index >= 15 is 0 Å². The minimum atomic E-state index is -2.60. The van der Waals surface area contributed by atoms with Crippen LogP contribution in [0.3, 0.4) is 0 Å². The van der Waals surface area contributed by atoms with Crippen LogP contribution < -0.4 is 4.90 Å². The number of piperidine rings is 1. The quantitative estimate of drug-likeness (QED) is 0.798. The van der Waals surface area contributed by atoms with Gasteiger partial charge in [0.05, 0.1) is 5.69 Å². The van der Waals surface area contributed by atoms with Gasteiger partial charge in [-0.25, -0.2) is 18.7 Å². The number of hydrogen-bond acceptors (Lipinski definition) is 3. The van der Waals surface area contributed by atoms with E-state index in [1.54, 1.807) is 0 Å². The molecule has 5 heteroatoms. The summed E-state index contributed by atoms with van der Waals surface area (Å²) in [6, 6.07) is 7.33. The Morgan fingerprint density at radius 1 is 1.12 bits per heavy atom. The molecule has 0 radical (unpaired) electrons. The van der Waals surface area contributed by atoms with Crippen LogP contribution in [0.25, 0.3) is 11.3 Å². The highest BCUT2D eigenvalue weighted by Gasteiger charge is 2.22. The molecule has 3 nitrogen and oxygen atoms in total. The lowest BCUT2D eigenvalue weighted by molar-refractivity contribution is 0.146. The first-order chi connectivity index (χ1) is 11.4. The lowest BCUT2D eigenvalue weighted by Crippen LogP contribution is -2.35. The molecule has 0 aliphatic carbocycles. The first-order valence-corrected chi connectivity index (χ1v) is 8.43. The van der Waals surface area contributed by atoms with Gasteiger partial charge in [0.2, 0.25) is 5.95 Å². The van der Waals surface area contributed by atoms with Gasteiger partial charge in [-0.05, 0) is 55.9 Å². The fraction of sp³-hybridized carbons (Fsp3) is 0.474. The van der Waals surface area contributed by atoms with Crippen LogP contribution in [0.1, 0.15) is 43.0 Å². The van der Waals surface area contributed by atoms with Gasteiger partial charge in [0.1, 0.15) is 5.69 Å². The van der Waals surface area contributed by atoms with Crippen molar-refractivity contribution < 1.29 is 8.78 Å². The summed E-state index contributed by atoms with van der Waals surface area (Å²) in [4.78, 5) is 10.8. The first kappa shape index (κ1) is 16.8. The lowest BCUT2D eigenvalue weighted by Gasteiger charge is -2.31. The van der Waals surface area contributed by atoms with Crippen LogP contribution >= 0.6 is 0 Å². The normalized spacial score (nSPS) is 18.2. The standard InChI is InChI=1S/C19H23F2N3/c1-12-5-4-8-24(11-12)19-22-16(10-17(23-19)18(20)21)15-7-6-13(2)14(3)9-15/h6-7,9-10,12,18H,4-5,8,11H2,1-3H3. The number of alkyl halides is 2. The number of rotatable bonds is 3. The molecule has 0 amide bonds. The van der Waals surface area contributed by atoms with Crippen molar-refractivity contribution in [3.8, 4) is 11.3 Å². The van der Waals surface area contributed by atoms with E-state index in [2.05, 4.69) is 16.9 Å². The Morgan fingerprint density at radius 2 is 1.92 bits per heavy atom. The van der Waals surface area contributed by atoms with Gasteiger partial charge in [0.25, 0.3) is 6.43 Å². The minimum Gasteiger partial charge on any atom is -0.341 e. The van der Waals surface area contributed by atoms with Crippen molar-refractivity contribution in [2.24, 2.45) is 5.92 Å². The zero-order valence-electron chi connectivity index (χ0n) is 14.4. The predicted octanol–water partition coefficient (Wildman–Crippen LogP) is 4.93. The van der Waals surface area contributed by atoms with Gasteiger partial charge >= 0.3 is 0 Å². The summed E-state index contributed by atoms with van der Waals surface area (Å²) >= 11 is 0. The number of aromatic nitrogens is 2. The number of hydrogen-bond donors (Lipinski definition) is 0. The van der Waals surface area contributed by atoms with Gasteiger partial charge < -0.3 is 4.90 Å². The Kier molecular flexibility index (Phi) is 4.78. The fourth-order valence-corrected chi connectivity index (χ4v) is 3.13. The second kappa shape index (κ2) is 6.83. The smallest absolute Gasteiger partial charge is 0.280 e. The van der Waals surface area contributed by atoms with Crippen LogP contribution in [-0.4, -0.2) is 23.1 Å². The SMILES string of the molecule is Cc1ccc(-c2cc(C(F)F)nc(N3CCCC(C)C3)n2)cc1C. The van der Waals surface area contributed by atoms with Crippen molar-refractivity contribution in [2.45, 2.75) is 40.0 Å². The third kappa shape index (κ3) is 3.55. The van der Waals surface area contributed by atoms with Gasteiger partial charge in [-0.2, -0.15) is 0 Å². The van der Waals surface area contributed by atoms with E-state index in [0.29, 0.717) is 17.6 Å². The molecule has 2 aromatic rings. The van der Waals surface area contributed by atoms with Crippen molar-refractivity contribution in [3.63, 3.8) is 0 Å². The molecule has 1 aromatic carbocycles. The molecule has 1 saturated heterocycles. The van der Waals surface area contributed by atoms with E-state index in [1.165, 1.54) is 11.6 Å². The molecule has 1 aromatic heterocycles. The molecule has 24 heavy (non-hydrogen) atoms. The van der Waals surface area contributed by atoms with E-state index in [1.807, 2.05) is 36.9 Å². The number of anilines is 1. The van der Waals surface area contributed by atoms with Crippen molar-refractivity contribution in [3.05, 3.63) is 41.1 Å². The molecule has 3 rings (SSSR count). The van der Waals surface area contributed by atoms with E-state index in [9.17, 15) is 8.78 Å². The molecule has 1 aliphatic heterocycles. The number of halogens is 2. The number of nitrogens with zero attached hydrogens (tertiary/aromatic N) is 3. The monoisotopic (exact) mass is 331 g/mol. The molecule has 2 heterocycles. The van der Waals surface area contributed by atoms with Gasteiger partial charge in [-0.1, -0.05) is 19.1 Å². The maximum atomic E-state index is 13.3. The molecular weight excluding hydrogens is 308 g/mol. The summed E-state index contributed by atoms with van der Waals surface area (Å²) in [5.41, 5.74) is 3.52. The topological polar surface area (TPSA) is 29.0 Å². The van der Waals surface area contributed by atoms with Crippen LogP contribution in [0.4, 0.5) is 14.7 Å². The molecule has 1 aliphatic rings. The van der Waals surface area contributed by atoms with Crippen molar-refractivity contribution >= 4 is 5.95 Å². The summed E-state index contributed by atoms with van der Waals surface area (Å²) in [5.74, 6) is 0.954. The average Bonchev–Trinajstić information content (AvgIpc) is 2.57. The zero-order chi connectivity index (χ0) is 17.3. The zero-order valence-corrected chi connectivity index (χ0v) is 14.4. The highest BCUT2D eigenvalue weighted by atomic mass is 19.3. The van der Waals surface area contributed by atoms with E-state index in [-0.39, 0.29) is 5.69 Å². The van der Waals surface area contributed by atoms with E-state index in [4.69, 9.17) is 0 Å². The molecular formula is C19H23F2N3. The summed E-state index contributed by atoms with van der Waals surface area (Å²) in [7, 11) is 0. The average molecular weight is 331 g/mol. The molecule has 0 saturated carbocycles. The maximum absolute atomic E-state index is 13.3. The van der Waals surface area contributed by atoms with Crippen LogP contribution in [0.5, 0.6) is 0 Å². The highest BCUT2D eigenvalue weighted by Crippen LogP contribution is 2.28. The van der Waals surface area contributed by atoms with Crippen molar-refractivity contribution in [1.82, 2.24) is 9.97 Å². The Hall–Kier alpha value is -2.04. The largest absolute Gasteiger partial charge is 0.341 e. The van der Waals surface area contributed by atoms with Gasteiger partial charge in [0, 0.05) is 18.7 Å². The highest BCUT2D eigenvalue weighted by molar-refractivity contribution is 5.63. The molecule has 1 fully saturated rings. The number of benzene rings is 1. The third-order valence-corrected chi connectivity index (χ3v) is 4.70. The van der Waals surface area contributed by atoms with Crippen molar-refractivity contribution in [2.75, 3.05) is 18.0 Å². The molecule has 128 valence electrons. The second-order valence-corrected chi connectivity index (χ2v) is 6.77. The molecule has 1 atom stereocenters. The minimum absolute atomic E-state index is 0.202. The summed E-state index contributed by atoms with van der Waals surface area (Å²) in [6.45, 7) is 7.86. The van der Waals surface area contributed by atoms with Crippen LogP contribution in [0.15, 0.2) is 24.3 Å². The Bertz CT molecular complexity index is 731. The number of aryl methyl sites for hydroxylation is 2. The summed E-state index contributed by atoms with van der Waals surface area (Å²) in [6.07, 6.45) is -0.392. The fourth-order valence-electron chi connectivity index (χ4n) is 3.13. The van der Waals surface area contributed by atoms with Crippen molar-refractivity contribution in [1.29, 1.82) is 0 Å². The molecule has 0 N–H and O–H groups in total. The van der Waals surface area contributed by atoms with Gasteiger partial charge in [-0.3, -0.25) is 0 Å². The van der Waals surface area contributed by atoms with Crippen LogP contribution in [0, 0.1) is 19.8 Å². The Balaban J connectivity index is 2.03. The molecule has 0 bridgehead atoms. The predicted molar refractivity (Wildman–Crippen MR) is 92.5 cm³/mol. The third-order valence-electron chi connectivity index (χ3n) is 4.70. The van der Waals surface area contributed by atoms with Crippen LogP contribution in [0.2, 0.25) is 0 Å². The van der Waals surface area contributed by atoms with Crippen LogP contribution in [-0.2, 0) is 0 Å². The first-order valence-electron chi connectivity index (χ1n) is 8.43. The Morgan fingerprint density at radius 3 is 2.58 bits per heavy atom. The second-order valence-electron chi connectivity index (χ2n) is 6.77. The molecule has 1 unspecified atom stereocenters. The Labute approximate surface area is 141 Å².